The second-order valence-electron chi connectivity index (χ2n) is 8.85. The molecular weight excluding hydrogens is 432 g/mol. The molecule has 2 aromatic heterocycles. The van der Waals surface area contributed by atoms with E-state index in [1.807, 2.05) is 38.1 Å². The highest BCUT2D eigenvalue weighted by Gasteiger charge is 2.21. The molecule has 1 aliphatic rings. The second kappa shape index (κ2) is 10.9. The summed E-state index contributed by atoms with van der Waals surface area (Å²) in [5.41, 5.74) is 1.99. The first-order valence-corrected chi connectivity index (χ1v) is 12.7. The fourth-order valence-electron chi connectivity index (χ4n) is 4.12. The molecule has 0 saturated heterocycles. The van der Waals surface area contributed by atoms with Crippen molar-refractivity contribution in [2.45, 2.75) is 68.9 Å². The molecule has 0 bridgehead atoms. The van der Waals surface area contributed by atoms with E-state index in [4.69, 9.17) is 14.4 Å². The molecule has 33 heavy (non-hydrogen) atoms. The molecule has 1 aliphatic carbocycles. The van der Waals surface area contributed by atoms with E-state index in [2.05, 4.69) is 35.5 Å². The fourth-order valence-corrected chi connectivity index (χ4v) is 4.86. The Morgan fingerprint density at radius 1 is 1.12 bits per heavy atom. The zero-order valence-corrected chi connectivity index (χ0v) is 20.4. The summed E-state index contributed by atoms with van der Waals surface area (Å²) in [5.74, 6) is 2.37. The molecule has 0 aliphatic heterocycles. The van der Waals surface area contributed by atoms with Crippen LogP contribution in [0.3, 0.4) is 0 Å². The van der Waals surface area contributed by atoms with Crippen LogP contribution in [0.1, 0.15) is 62.3 Å². The number of nitrogens with one attached hydrogen (secondary N) is 1. The number of hydrogen-bond acceptors (Lipinski definition) is 6. The predicted molar refractivity (Wildman–Crippen MR) is 134 cm³/mol. The van der Waals surface area contributed by atoms with E-state index in [1.54, 1.807) is 6.07 Å². The summed E-state index contributed by atoms with van der Waals surface area (Å²) in [5, 5.41) is 3.56. The summed E-state index contributed by atoms with van der Waals surface area (Å²) < 4.78 is 5.76. The SMILES string of the molecule is CC(C)NC(=O)c1ccc(CSc2nc(-c3ccccc3)cc(N(C)C3CCCCC3)n2)o1. The summed E-state index contributed by atoms with van der Waals surface area (Å²) in [6, 6.07) is 16.5. The number of nitrogens with zero attached hydrogens (tertiary/aromatic N) is 3. The molecule has 1 saturated carbocycles. The van der Waals surface area contributed by atoms with Gasteiger partial charge in [0, 0.05) is 30.8 Å². The molecule has 6 nitrogen and oxygen atoms in total. The van der Waals surface area contributed by atoms with Crippen LogP contribution >= 0.6 is 11.8 Å². The number of hydrogen-bond donors (Lipinski definition) is 1. The molecule has 1 amide bonds. The molecule has 7 heteroatoms. The summed E-state index contributed by atoms with van der Waals surface area (Å²) in [6.07, 6.45) is 6.29. The van der Waals surface area contributed by atoms with E-state index in [0.29, 0.717) is 22.7 Å². The molecule has 0 unspecified atom stereocenters. The van der Waals surface area contributed by atoms with Gasteiger partial charge in [-0.3, -0.25) is 4.79 Å². The molecular formula is C26H32N4O2S. The number of carbonyl (C=O) groups excluding carboxylic acids is 1. The third-order valence-corrected chi connectivity index (χ3v) is 6.76. The summed E-state index contributed by atoms with van der Waals surface area (Å²) >= 11 is 1.53. The summed E-state index contributed by atoms with van der Waals surface area (Å²) in [7, 11) is 2.15. The van der Waals surface area contributed by atoms with Crippen LogP contribution in [0.4, 0.5) is 5.82 Å². The van der Waals surface area contributed by atoms with Gasteiger partial charge in [-0.05, 0) is 38.8 Å². The molecule has 174 valence electrons. The van der Waals surface area contributed by atoms with Crippen molar-refractivity contribution in [3.63, 3.8) is 0 Å². The Labute approximate surface area is 200 Å². The topological polar surface area (TPSA) is 71.3 Å². The number of benzene rings is 1. The lowest BCUT2D eigenvalue weighted by Crippen LogP contribution is -2.34. The minimum Gasteiger partial charge on any atom is -0.455 e. The van der Waals surface area contributed by atoms with E-state index in [-0.39, 0.29) is 11.9 Å². The third kappa shape index (κ3) is 6.16. The van der Waals surface area contributed by atoms with Crippen LogP contribution in [0.2, 0.25) is 0 Å². The van der Waals surface area contributed by atoms with E-state index in [1.165, 1.54) is 43.9 Å². The molecule has 0 atom stereocenters. The van der Waals surface area contributed by atoms with E-state index < -0.39 is 0 Å². The molecule has 1 N–H and O–H groups in total. The van der Waals surface area contributed by atoms with E-state index in [9.17, 15) is 4.79 Å². The lowest BCUT2D eigenvalue weighted by atomic mass is 9.94. The summed E-state index contributed by atoms with van der Waals surface area (Å²) in [6.45, 7) is 3.85. The monoisotopic (exact) mass is 464 g/mol. The van der Waals surface area contributed by atoms with Gasteiger partial charge in [0.1, 0.15) is 11.6 Å². The van der Waals surface area contributed by atoms with Crippen LogP contribution in [0.15, 0.2) is 58.1 Å². The van der Waals surface area contributed by atoms with Crippen LogP contribution in [-0.2, 0) is 5.75 Å². The van der Waals surface area contributed by atoms with Crippen molar-refractivity contribution in [1.82, 2.24) is 15.3 Å². The van der Waals surface area contributed by atoms with Crippen molar-refractivity contribution in [2.75, 3.05) is 11.9 Å². The van der Waals surface area contributed by atoms with E-state index >= 15 is 0 Å². The minimum absolute atomic E-state index is 0.0640. The quantitative estimate of drug-likeness (QED) is 0.329. The predicted octanol–water partition coefficient (Wildman–Crippen LogP) is 5.94. The Kier molecular flexibility index (Phi) is 7.70. The lowest BCUT2D eigenvalue weighted by Gasteiger charge is -2.32. The van der Waals surface area contributed by atoms with Crippen molar-refractivity contribution in [3.05, 3.63) is 60.1 Å². The second-order valence-corrected chi connectivity index (χ2v) is 9.79. The van der Waals surface area contributed by atoms with Gasteiger partial charge < -0.3 is 14.6 Å². The minimum atomic E-state index is -0.194. The smallest absolute Gasteiger partial charge is 0.287 e. The average molecular weight is 465 g/mol. The Morgan fingerprint density at radius 2 is 1.88 bits per heavy atom. The van der Waals surface area contributed by atoms with Gasteiger partial charge in [-0.2, -0.15) is 0 Å². The number of aromatic nitrogens is 2. The third-order valence-electron chi connectivity index (χ3n) is 5.89. The molecule has 1 fully saturated rings. The van der Waals surface area contributed by atoms with Gasteiger partial charge in [0.05, 0.1) is 11.4 Å². The standard InChI is InChI=1S/C26H32N4O2S/c1-18(2)27-25(31)23-15-14-21(32-23)17-33-26-28-22(19-10-6-4-7-11-19)16-24(29-26)30(3)20-12-8-5-9-13-20/h4,6-7,10-11,14-16,18,20H,5,8-9,12-13,17H2,1-3H3,(H,27,31). The van der Waals surface area contributed by atoms with E-state index in [0.717, 1.165) is 22.8 Å². The fraction of sp³-hybridized carbons (Fsp3) is 0.423. The van der Waals surface area contributed by atoms with Crippen LogP contribution < -0.4 is 10.2 Å². The van der Waals surface area contributed by atoms with Gasteiger partial charge >= 0.3 is 0 Å². The highest BCUT2D eigenvalue weighted by molar-refractivity contribution is 7.98. The Morgan fingerprint density at radius 3 is 2.61 bits per heavy atom. The maximum Gasteiger partial charge on any atom is 0.287 e. The van der Waals surface area contributed by atoms with Crippen molar-refractivity contribution in [2.24, 2.45) is 0 Å². The van der Waals surface area contributed by atoms with Crippen LogP contribution in [0, 0.1) is 0 Å². The van der Waals surface area contributed by atoms with Gasteiger partial charge in [0.25, 0.3) is 5.91 Å². The average Bonchev–Trinajstić information content (AvgIpc) is 3.32. The van der Waals surface area contributed by atoms with Gasteiger partial charge in [-0.15, -0.1) is 0 Å². The van der Waals surface area contributed by atoms with Crippen molar-refractivity contribution in [3.8, 4) is 11.3 Å². The number of carbonyl (C=O) groups is 1. The largest absolute Gasteiger partial charge is 0.455 e. The van der Waals surface area contributed by atoms with Crippen molar-refractivity contribution < 1.29 is 9.21 Å². The van der Waals surface area contributed by atoms with Crippen LogP contribution in [-0.4, -0.2) is 35.0 Å². The molecule has 0 radical (unpaired) electrons. The number of thioether (sulfide) groups is 1. The van der Waals surface area contributed by atoms with Crippen molar-refractivity contribution in [1.29, 1.82) is 0 Å². The lowest BCUT2D eigenvalue weighted by molar-refractivity contribution is 0.0913. The first kappa shape index (κ1) is 23.4. The Balaban J connectivity index is 1.54. The number of furan rings is 1. The van der Waals surface area contributed by atoms with Gasteiger partial charge in [-0.25, -0.2) is 9.97 Å². The number of rotatable bonds is 8. The normalized spacial score (nSPS) is 14.4. The Bertz CT molecular complexity index is 1060. The zero-order valence-electron chi connectivity index (χ0n) is 19.6. The molecule has 3 aromatic rings. The molecule has 0 spiro atoms. The maximum absolute atomic E-state index is 12.2. The molecule has 2 heterocycles. The highest BCUT2D eigenvalue weighted by atomic mass is 32.2. The first-order valence-electron chi connectivity index (χ1n) is 11.7. The highest BCUT2D eigenvalue weighted by Crippen LogP contribution is 2.30. The van der Waals surface area contributed by atoms with Crippen LogP contribution in [0.25, 0.3) is 11.3 Å². The zero-order chi connectivity index (χ0) is 23.2. The van der Waals surface area contributed by atoms with Gasteiger partial charge in [0.15, 0.2) is 10.9 Å². The Hall–Kier alpha value is -2.80. The summed E-state index contributed by atoms with van der Waals surface area (Å²) in [4.78, 5) is 24.2. The number of anilines is 1. The van der Waals surface area contributed by atoms with Gasteiger partial charge in [-0.1, -0.05) is 61.4 Å². The van der Waals surface area contributed by atoms with Crippen LogP contribution in [0.5, 0.6) is 0 Å². The van der Waals surface area contributed by atoms with Crippen molar-refractivity contribution >= 4 is 23.5 Å². The number of amides is 1. The maximum atomic E-state index is 12.2. The van der Waals surface area contributed by atoms with Gasteiger partial charge in [0.2, 0.25) is 0 Å². The molecule has 1 aromatic carbocycles. The first-order chi connectivity index (χ1) is 16.0. The molecule has 4 rings (SSSR count).